The first-order valence-corrected chi connectivity index (χ1v) is 13.5. The molecule has 0 spiro atoms. The Balaban J connectivity index is 2.62. The predicted octanol–water partition coefficient (Wildman–Crippen LogP) is 5.09. The lowest BCUT2D eigenvalue weighted by Crippen LogP contribution is -2.57. The first-order valence-electron chi connectivity index (χ1n) is 13.5. The van der Waals surface area contributed by atoms with Crippen LogP contribution in [0.25, 0.3) is 0 Å². The van der Waals surface area contributed by atoms with Gasteiger partial charge in [-0.3, -0.25) is 9.59 Å². The van der Waals surface area contributed by atoms with E-state index in [1.807, 2.05) is 34.6 Å². The molecule has 0 radical (unpaired) electrons. The highest BCUT2D eigenvalue weighted by Crippen LogP contribution is 2.28. The molecule has 216 valence electrons. The number of amides is 3. The van der Waals surface area contributed by atoms with Crippen molar-refractivity contribution < 1.29 is 24.2 Å². The molecule has 3 amide bonds. The molecule has 0 aliphatic carbocycles. The van der Waals surface area contributed by atoms with Crippen molar-refractivity contribution in [2.75, 3.05) is 0 Å². The summed E-state index contributed by atoms with van der Waals surface area (Å²) in [6, 6.07) is 11.0. The van der Waals surface area contributed by atoms with Gasteiger partial charge in [-0.05, 0) is 90.3 Å². The van der Waals surface area contributed by atoms with Crippen molar-refractivity contribution in [3.63, 3.8) is 0 Å². The summed E-state index contributed by atoms with van der Waals surface area (Å²) in [7, 11) is 0. The average molecular weight is 550 g/mol. The highest BCUT2D eigenvalue weighted by Gasteiger charge is 2.39. The molecule has 0 aromatic heterocycles. The molecule has 3 atom stereocenters. The van der Waals surface area contributed by atoms with Gasteiger partial charge in [-0.1, -0.05) is 37.1 Å². The summed E-state index contributed by atoms with van der Waals surface area (Å²) in [5, 5.41) is 15.5. The number of alkyl carbamates (subject to hydrolysis) is 1. The fourth-order valence-corrected chi connectivity index (χ4v) is 4.13. The molecule has 8 heteroatoms. The smallest absolute Gasteiger partial charge is 0.408 e. The van der Waals surface area contributed by atoms with Gasteiger partial charge in [0.05, 0.1) is 0 Å². The number of carbonyl (C=O) groups is 3. The molecule has 0 heterocycles. The normalized spacial score (nSPS) is 13.8. The third-order valence-electron chi connectivity index (χ3n) is 6.10. The van der Waals surface area contributed by atoms with Crippen LogP contribution in [0.1, 0.15) is 84.5 Å². The Morgan fingerprint density at radius 1 is 1.00 bits per heavy atom. The quantitative estimate of drug-likeness (QED) is 0.378. The second kappa shape index (κ2) is 13.4. The van der Waals surface area contributed by atoms with Gasteiger partial charge >= 0.3 is 6.09 Å². The second-order valence-corrected chi connectivity index (χ2v) is 12.0. The number of rotatable bonds is 9. The molecule has 3 N–H and O–H groups in total. The molecule has 0 aliphatic heterocycles. The summed E-state index contributed by atoms with van der Waals surface area (Å²) < 4.78 is 5.47. The van der Waals surface area contributed by atoms with Crippen LogP contribution in [-0.2, 0) is 20.7 Å². The average Bonchev–Trinajstić information content (AvgIpc) is 2.85. The van der Waals surface area contributed by atoms with Crippen LogP contribution < -0.4 is 10.6 Å². The molecule has 0 bridgehead atoms. The molecule has 0 aliphatic rings. The number of hydrogen-bond acceptors (Lipinski definition) is 5. The summed E-state index contributed by atoms with van der Waals surface area (Å²) in [5.74, 6) is 1.87. The van der Waals surface area contributed by atoms with Crippen LogP contribution in [0.2, 0.25) is 0 Å². The summed E-state index contributed by atoms with van der Waals surface area (Å²) in [4.78, 5) is 42.6. The number of aromatic hydroxyl groups is 1. The highest BCUT2D eigenvalue weighted by molar-refractivity contribution is 5.92. The number of phenolic OH excluding ortho intramolecular Hbond substituents is 1. The minimum atomic E-state index is -1.05. The molecule has 0 saturated heterocycles. The number of nitrogens with zero attached hydrogens (tertiary/aromatic N) is 1. The molecule has 2 rings (SSSR count). The van der Waals surface area contributed by atoms with Gasteiger partial charge in [0.25, 0.3) is 0 Å². The maximum atomic E-state index is 14.4. The van der Waals surface area contributed by atoms with Gasteiger partial charge in [-0.2, -0.15) is 0 Å². The zero-order valence-electron chi connectivity index (χ0n) is 24.9. The number of hydrogen-bond donors (Lipinski definition) is 3. The Kier molecular flexibility index (Phi) is 10.8. The van der Waals surface area contributed by atoms with E-state index in [1.54, 1.807) is 57.2 Å². The number of carbonyl (C=O) groups excluding carboxylic acids is 3. The lowest BCUT2D eigenvalue weighted by Gasteiger charge is -2.39. The van der Waals surface area contributed by atoms with Gasteiger partial charge < -0.3 is 25.4 Å². The van der Waals surface area contributed by atoms with Gasteiger partial charge in [0.1, 0.15) is 23.4 Å². The van der Waals surface area contributed by atoms with Crippen LogP contribution in [0.5, 0.6) is 5.75 Å². The SMILES string of the molecule is C#Cc1ccc(C(C(=O)NC(C)(C)C)N(C(=O)C(Cc2ccc(O)cc2)NC(=O)OC(C)(C)C)C(C)CC)cc1. The summed E-state index contributed by atoms with van der Waals surface area (Å²) in [6.45, 7) is 14.6. The van der Waals surface area contributed by atoms with E-state index in [4.69, 9.17) is 11.2 Å². The van der Waals surface area contributed by atoms with Crippen LogP contribution in [0.3, 0.4) is 0 Å². The van der Waals surface area contributed by atoms with E-state index in [1.165, 1.54) is 17.0 Å². The number of phenols is 1. The second-order valence-electron chi connectivity index (χ2n) is 12.0. The van der Waals surface area contributed by atoms with Crippen molar-refractivity contribution >= 4 is 17.9 Å². The number of benzene rings is 2. The summed E-state index contributed by atoms with van der Waals surface area (Å²) in [6.07, 6.45) is 5.48. The fourth-order valence-electron chi connectivity index (χ4n) is 4.13. The first-order chi connectivity index (χ1) is 18.5. The minimum Gasteiger partial charge on any atom is -0.508 e. The molecule has 0 saturated carbocycles. The fraction of sp³-hybridized carbons (Fsp3) is 0.469. The Morgan fingerprint density at radius 2 is 1.57 bits per heavy atom. The van der Waals surface area contributed by atoms with Crippen molar-refractivity contribution in [3.8, 4) is 18.1 Å². The van der Waals surface area contributed by atoms with E-state index < -0.39 is 35.2 Å². The van der Waals surface area contributed by atoms with Gasteiger partial charge in [0.15, 0.2) is 0 Å². The highest BCUT2D eigenvalue weighted by atomic mass is 16.6. The molecular formula is C32H43N3O5. The molecule has 2 aromatic rings. The van der Waals surface area contributed by atoms with Crippen molar-refractivity contribution in [1.29, 1.82) is 0 Å². The molecule has 40 heavy (non-hydrogen) atoms. The Morgan fingerprint density at radius 3 is 2.05 bits per heavy atom. The molecule has 2 aromatic carbocycles. The molecule has 8 nitrogen and oxygen atoms in total. The van der Waals surface area contributed by atoms with E-state index in [9.17, 15) is 19.5 Å². The number of nitrogens with one attached hydrogen (secondary N) is 2. The molecule has 0 fully saturated rings. The predicted molar refractivity (Wildman–Crippen MR) is 157 cm³/mol. The van der Waals surface area contributed by atoms with Crippen molar-refractivity contribution in [2.24, 2.45) is 0 Å². The van der Waals surface area contributed by atoms with E-state index in [-0.39, 0.29) is 24.1 Å². The lowest BCUT2D eigenvalue weighted by atomic mass is 9.96. The van der Waals surface area contributed by atoms with Crippen LogP contribution >= 0.6 is 0 Å². The lowest BCUT2D eigenvalue weighted by molar-refractivity contribution is -0.145. The first kappa shape index (κ1) is 32.2. The maximum Gasteiger partial charge on any atom is 0.408 e. The Labute approximate surface area is 238 Å². The third-order valence-corrected chi connectivity index (χ3v) is 6.10. The van der Waals surface area contributed by atoms with Crippen LogP contribution in [0.4, 0.5) is 4.79 Å². The number of ether oxygens (including phenoxy) is 1. The van der Waals surface area contributed by atoms with E-state index in [0.717, 1.165) is 0 Å². The van der Waals surface area contributed by atoms with Crippen LogP contribution in [0, 0.1) is 12.3 Å². The van der Waals surface area contributed by atoms with E-state index in [2.05, 4.69) is 16.6 Å². The van der Waals surface area contributed by atoms with E-state index in [0.29, 0.717) is 23.1 Å². The van der Waals surface area contributed by atoms with Crippen molar-refractivity contribution in [1.82, 2.24) is 15.5 Å². The van der Waals surface area contributed by atoms with Crippen LogP contribution in [-0.4, -0.2) is 51.1 Å². The van der Waals surface area contributed by atoms with Gasteiger partial charge in [-0.25, -0.2) is 4.79 Å². The van der Waals surface area contributed by atoms with Gasteiger partial charge in [-0.15, -0.1) is 6.42 Å². The standard InChI is InChI=1S/C32H43N3O5/c1-10-21(3)35(27(28(37)34-31(4,5)6)24-16-12-22(11-2)13-17-24)29(38)26(33-30(39)40-32(7,8)9)20-23-14-18-25(36)19-15-23/h2,12-19,21,26-27,36H,10,20H2,1,3-9H3,(H,33,39)(H,34,37). The van der Waals surface area contributed by atoms with Gasteiger partial charge in [0, 0.05) is 23.6 Å². The number of terminal acetylenes is 1. The van der Waals surface area contributed by atoms with Gasteiger partial charge in [0.2, 0.25) is 11.8 Å². The zero-order chi connectivity index (χ0) is 30.3. The van der Waals surface area contributed by atoms with Crippen molar-refractivity contribution in [3.05, 3.63) is 65.2 Å². The minimum absolute atomic E-state index is 0.0855. The van der Waals surface area contributed by atoms with E-state index >= 15 is 0 Å². The van der Waals surface area contributed by atoms with Crippen molar-refractivity contribution in [2.45, 2.75) is 97.5 Å². The largest absolute Gasteiger partial charge is 0.508 e. The molecular weight excluding hydrogens is 506 g/mol. The summed E-state index contributed by atoms with van der Waals surface area (Å²) in [5.41, 5.74) is 0.622. The summed E-state index contributed by atoms with van der Waals surface area (Å²) >= 11 is 0. The maximum absolute atomic E-state index is 14.4. The zero-order valence-corrected chi connectivity index (χ0v) is 24.9. The Hall–Kier alpha value is -3.99. The topological polar surface area (TPSA) is 108 Å². The monoisotopic (exact) mass is 549 g/mol. The Bertz CT molecular complexity index is 1200. The third kappa shape index (κ3) is 9.64. The van der Waals surface area contributed by atoms with Crippen LogP contribution in [0.15, 0.2) is 48.5 Å². The molecule has 3 unspecified atom stereocenters.